The minimum absolute atomic E-state index is 0.0289. The van der Waals surface area contributed by atoms with Gasteiger partial charge in [0, 0.05) is 5.56 Å². The Balaban J connectivity index is 2.07. The zero-order valence-electron chi connectivity index (χ0n) is 12.9. The summed E-state index contributed by atoms with van der Waals surface area (Å²) in [6, 6.07) is 2.99. The molecule has 2 aromatic rings. The number of aliphatic hydroxyl groups is 1. The van der Waals surface area contributed by atoms with Crippen molar-refractivity contribution < 1.29 is 27.8 Å². The number of amides is 1. The van der Waals surface area contributed by atoms with Crippen LogP contribution in [0.2, 0.25) is 0 Å². The summed E-state index contributed by atoms with van der Waals surface area (Å²) in [4.78, 5) is 12.1. The largest absolute Gasteiger partial charge is 0.466 e. The number of hydrogen-bond donors (Lipinski definition) is 2. The normalized spacial score (nSPS) is 13.9. The van der Waals surface area contributed by atoms with Crippen molar-refractivity contribution in [3.8, 4) is 5.75 Å². The molecular weight excluding hydrogens is 328 g/mol. The van der Waals surface area contributed by atoms with Gasteiger partial charge in [-0.2, -0.15) is 8.78 Å². The zero-order chi connectivity index (χ0) is 17.2. The van der Waals surface area contributed by atoms with Gasteiger partial charge in [0.1, 0.15) is 27.7 Å². The fourth-order valence-corrected chi connectivity index (χ4v) is 2.98. The maximum Gasteiger partial charge on any atom is 0.387 e. The molecule has 0 aliphatic rings. The van der Waals surface area contributed by atoms with Gasteiger partial charge in [0.2, 0.25) is 0 Å². The minimum Gasteiger partial charge on any atom is -0.466 e. The third kappa shape index (κ3) is 4.08. The summed E-state index contributed by atoms with van der Waals surface area (Å²) in [6.07, 6.45) is 0. The van der Waals surface area contributed by atoms with Crippen LogP contribution in [-0.2, 0) is 5.60 Å². The summed E-state index contributed by atoms with van der Waals surface area (Å²) in [5, 5.41) is 14.5. The topological polar surface area (TPSA) is 71.7 Å². The molecule has 0 saturated heterocycles. The Morgan fingerprint density at radius 1 is 1.52 bits per heavy atom. The van der Waals surface area contributed by atoms with E-state index in [-0.39, 0.29) is 17.2 Å². The van der Waals surface area contributed by atoms with Gasteiger partial charge in [-0.1, -0.05) is 0 Å². The maximum absolute atomic E-state index is 12.3. The molecule has 0 radical (unpaired) electrons. The predicted molar refractivity (Wildman–Crippen MR) is 81.0 cm³/mol. The number of carbonyl (C=O) groups is 1. The molecule has 0 fully saturated rings. The lowest BCUT2D eigenvalue weighted by Gasteiger charge is -2.23. The van der Waals surface area contributed by atoms with Gasteiger partial charge in [0.05, 0.1) is 6.54 Å². The molecule has 2 N–H and O–H groups in total. The fraction of sp³-hybridized carbons (Fsp3) is 0.400. The van der Waals surface area contributed by atoms with Gasteiger partial charge in [0.15, 0.2) is 0 Å². The molecule has 1 atom stereocenters. The number of alkyl halides is 2. The van der Waals surface area contributed by atoms with Crippen LogP contribution in [-0.4, -0.2) is 24.2 Å². The van der Waals surface area contributed by atoms with Crippen molar-refractivity contribution >= 4 is 17.2 Å². The van der Waals surface area contributed by atoms with Crippen molar-refractivity contribution in [3.05, 3.63) is 39.5 Å². The Morgan fingerprint density at radius 3 is 2.78 bits per heavy atom. The van der Waals surface area contributed by atoms with Crippen LogP contribution < -0.4 is 10.1 Å². The first-order valence-electron chi connectivity index (χ1n) is 6.81. The van der Waals surface area contributed by atoms with E-state index in [1.807, 2.05) is 0 Å². The van der Waals surface area contributed by atoms with Crippen LogP contribution in [0.25, 0.3) is 0 Å². The molecule has 0 spiro atoms. The number of halogens is 2. The Kier molecular flexibility index (Phi) is 5.06. The summed E-state index contributed by atoms with van der Waals surface area (Å²) in [6.45, 7) is 1.90. The van der Waals surface area contributed by atoms with Crippen molar-refractivity contribution in [3.63, 3.8) is 0 Å². The third-order valence-corrected chi connectivity index (χ3v) is 4.16. The van der Waals surface area contributed by atoms with Gasteiger partial charge >= 0.3 is 6.61 Å². The van der Waals surface area contributed by atoms with Gasteiger partial charge in [-0.3, -0.25) is 4.79 Å². The first-order chi connectivity index (χ1) is 10.7. The molecule has 23 heavy (non-hydrogen) atoms. The van der Waals surface area contributed by atoms with E-state index >= 15 is 0 Å². The zero-order valence-corrected chi connectivity index (χ0v) is 13.7. The van der Waals surface area contributed by atoms with Crippen LogP contribution >= 0.6 is 11.3 Å². The number of nitrogens with one attached hydrogen (secondary N) is 1. The van der Waals surface area contributed by atoms with Gasteiger partial charge < -0.3 is 19.6 Å². The monoisotopic (exact) mass is 345 g/mol. The number of carbonyl (C=O) groups excluding carboxylic acids is 1. The van der Waals surface area contributed by atoms with Crippen LogP contribution in [0.15, 0.2) is 21.9 Å². The summed E-state index contributed by atoms with van der Waals surface area (Å²) in [5.74, 6) is 0.431. The average molecular weight is 345 g/mol. The lowest BCUT2D eigenvalue weighted by Crippen LogP contribution is -2.38. The highest BCUT2D eigenvalue weighted by Crippen LogP contribution is 2.28. The molecule has 2 aromatic heterocycles. The van der Waals surface area contributed by atoms with E-state index in [2.05, 4.69) is 10.1 Å². The highest BCUT2D eigenvalue weighted by atomic mass is 32.1. The van der Waals surface area contributed by atoms with Crippen molar-refractivity contribution in [1.29, 1.82) is 0 Å². The van der Waals surface area contributed by atoms with E-state index in [9.17, 15) is 18.7 Å². The van der Waals surface area contributed by atoms with E-state index in [0.29, 0.717) is 17.1 Å². The molecular formula is C15H17F2NO4S. The molecule has 0 bridgehead atoms. The number of ether oxygens (including phenoxy) is 1. The van der Waals surface area contributed by atoms with Gasteiger partial charge in [-0.25, -0.2) is 0 Å². The Labute approximate surface area is 135 Å². The van der Waals surface area contributed by atoms with Gasteiger partial charge in [-0.15, -0.1) is 11.3 Å². The van der Waals surface area contributed by atoms with Crippen molar-refractivity contribution in [2.45, 2.75) is 33.0 Å². The van der Waals surface area contributed by atoms with Crippen molar-refractivity contribution in [2.24, 2.45) is 0 Å². The summed E-state index contributed by atoms with van der Waals surface area (Å²) in [7, 11) is 0. The minimum atomic E-state index is -3.00. The van der Waals surface area contributed by atoms with Crippen LogP contribution in [0, 0.1) is 13.8 Å². The second-order valence-corrected chi connectivity index (χ2v) is 6.19. The number of furan rings is 1. The Hall–Kier alpha value is -1.93. The third-order valence-electron chi connectivity index (χ3n) is 3.27. The van der Waals surface area contributed by atoms with Crippen molar-refractivity contribution in [2.75, 3.05) is 6.54 Å². The first-order valence-corrected chi connectivity index (χ1v) is 7.69. The van der Waals surface area contributed by atoms with Gasteiger partial charge in [-0.05, 0) is 38.3 Å². The smallest absolute Gasteiger partial charge is 0.387 e. The molecule has 8 heteroatoms. The quantitative estimate of drug-likeness (QED) is 0.843. The highest BCUT2D eigenvalue weighted by molar-refractivity contribution is 7.12. The van der Waals surface area contributed by atoms with Crippen LogP contribution in [0.1, 0.15) is 33.7 Å². The number of hydrogen-bond acceptors (Lipinski definition) is 5. The molecule has 1 unspecified atom stereocenters. The molecule has 5 nitrogen and oxygen atoms in total. The summed E-state index contributed by atoms with van der Waals surface area (Å²) >= 11 is 0.983. The fourth-order valence-electron chi connectivity index (χ4n) is 2.25. The van der Waals surface area contributed by atoms with E-state index in [4.69, 9.17) is 4.42 Å². The average Bonchev–Trinajstić information content (AvgIpc) is 3.02. The Morgan fingerprint density at radius 2 is 2.22 bits per heavy atom. The standard InChI is InChI=1S/C15H17F2NO4S/c1-8-6-10(9(2)21-8)15(3,20)7-18-13(19)12-11(4-5-23-12)22-14(16)17/h4-6,14,20H,7H2,1-3H3,(H,18,19). The molecule has 0 aliphatic heterocycles. The van der Waals surface area contributed by atoms with E-state index in [1.54, 1.807) is 19.9 Å². The molecule has 0 aliphatic carbocycles. The van der Waals surface area contributed by atoms with Crippen LogP contribution in [0.5, 0.6) is 5.75 Å². The molecule has 0 saturated carbocycles. The van der Waals surface area contributed by atoms with E-state index in [0.717, 1.165) is 11.3 Å². The molecule has 1 amide bonds. The number of aryl methyl sites for hydroxylation is 2. The van der Waals surface area contributed by atoms with E-state index < -0.39 is 18.1 Å². The lowest BCUT2D eigenvalue weighted by molar-refractivity contribution is -0.0498. The second kappa shape index (κ2) is 6.67. The van der Waals surface area contributed by atoms with Crippen LogP contribution in [0.3, 0.4) is 0 Å². The molecule has 126 valence electrons. The maximum atomic E-state index is 12.3. The second-order valence-electron chi connectivity index (χ2n) is 5.28. The molecule has 0 aromatic carbocycles. The summed E-state index contributed by atoms with van der Waals surface area (Å²) in [5.41, 5.74) is -0.788. The molecule has 2 heterocycles. The predicted octanol–water partition coefficient (Wildman–Crippen LogP) is 3.20. The van der Waals surface area contributed by atoms with Crippen LogP contribution in [0.4, 0.5) is 8.78 Å². The highest BCUT2D eigenvalue weighted by Gasteiger charge is 2.29. The first kappa shape index (κ1) is 17.4. The Bertz CT molecular complexity index is 693. The SMILES string of the molecule is Cc1cc(C(C)(O)CNC(=O)c2sccc2OC(F)F)c(C)o1. The summed E-state index contributed by atoms with van der Waals surface area (Å²) < 4.78 is 34.2. The lowest BCUT2D eigenvalue weighted by atomic mass is 9.96. The van der Waals surface area contributed by atoms with Crippen molar-refractivity contribution in [1.82, 2.24) is 5.32 Å². The van der Waals surface area contributed by atoms with Gasteiger partial charge in [0.25, 0.3) is 5.91 Å². The number of rotatable bonds is 6. The van der Waals surface area contributed by atoms with E-state index in [1.165, 1.54) is 18.4 Å². The number of thiophene rings is 1. The molecule has 2 rings (SSSR count).